The SMILES string of the molecule is Cn1ccnc1CCNCc1ccc(CCl)cc1. The average molecular weight is 264 g/mol. The van der Waals surface area contributed by atoms with Crippen molar-refractivity contribution in [3.63, 3.8) is 0 Å². The quantitative estimate of drug-likeness (QED) is 0.641. The van der Waals surface area contributed by atoms with Crippen LogP contribution >= 0.6 is 11.6 Å². The molecule has 18 heavy (non-hydrogen) atoms. The lowest BCUT2D eigenvalue weighted by atomic mass is 10.1. The van der Waals surface area contributed by atoms with Crippen molar-refractivity contribution in [2.75, 3.05) is 6.54 Å². The fourth-order valence-electron chi connectivity index (χ4n) is 1.82. The number of benzene rings is 1. The normalized spacial score (nSPS) is 10.8. The van der Waals surface area contributed by atoms with Gasteiger partial charge in [-0.05, 0) is 11.1 Å². The van der Waals surface area contributed by atoms with E-state index in [2.05, 4.69) is 39.1 Å². The van der Waals surface area contributed by atoms with Crippen molar-refractivity contribution < 1.29 is 0 Å². The zero-order valence-corrected chi connectivity index (χ0v) is 11.3. The Bertz CT molecular complexity index is 476. The maximum atomic E-state index is 5.75. The molecule has 0 fully saturated rings. The molecular weight excluding hydrogens is 246 g/mol. The molecule has 2 aromatic rings. The fraction of sp³-hybridized carbons (Fsp3) is 0.357. The number of nitrogens with one attached hydrogen (secondary N) is 1. The van der Waals surface area contributed by atoms with Gasteiger partial charge in [-0.15, -0.1) is 11.6 Å². The van der Waals surface area contributed by atoms with E-state index in [4.69, 9.17) is 11.6 Å². The maximum Gasteiger partial charge on any atom is 0.109 e. The van der Waals surface area contributed by atoms with Gasteiger partial charge in [-0.25, -0.2) is 4.98 Å². The van der Waals surface area contributed by atoms with Crippen LogP contribution in [0.15, 0.2) is 36.7 Å². The van der Waals surface area contributed by atoms with Crippen LogP contribution in [0.5, 0.6) is 0 Å². The topological polar surface area (TPSA) is 29.9 Å². The van der Waals surface area contributed by atoms with Gasteiger partial charge in [0, 0.05) is 44.8 Å². The van der Waals surface area contributed by atoms with E-state index in [1.807, 2.05) is 19.4 Å². The number of alkyl halides is 1. The van der Waals surface area contributed by atoms with Crippen LogP contribution in [-0.4, -0.2) is 16.1 Å². The summed E-state index contributed by atoms with van der Waals surface area (Å²) in [5.74, 6) is 1.69. The Morgan fingerprint density at radius 2 is 1.94 bits per heavy atom. The first kappa shape index (κ1) is 13.1. The largest absolute Gasteiger partial charge is 0.338 e. The summed E-state index contributed by atoms with van der Waals surface area (Å²) < 4.78 is 2.05. The highest BCUT2D eigenvalue weighted by Gasteiger charge is 1.98. The minimum atomic E-state index is 0.576. The maximum absolute atomic E-state index is 5.75. The van der Waals surface area contributed by atoms with Gasteiger partial charge in [-0.2, -0.15) is 0 Å². The molecule has 1 aromatic heterocycles. The Hall–Kier alpha value is -1.32. The second kappa shape index (κ2) is 6.57. The van der Waals surface area contributed by atoms with Crippen molar-refractivity contribution in [3.05, 3.63) is 53.6 Å². The smallest absolute Gasteiger partial charge is 0.109 e. The van der Waals surface area contributed by atoms with E-state index in [1.165, 1.54) is 5.56 Å². The van der Waals surface area contributed by atoms with Gasteiger partial charge >= 0.3 is 0 Å². The van der Waals surface area contributed by atoms with E-state index in [9.17, 15) is 0 Å². The van der Waals surface area contributed by atoms with Crippen molar-refractivity contribution in [1.82, 2.24) is 14.9 Å². The second-order valence-electron chi connectivity index (χ2n) is 4.33. The summed E-state index contributed by atoms with van der Waals surface area (Å²) in [7, 11) is 2.02. The molecule has 0 bridgehead atoms. The zero-order chi connectivity index (χ0) is 12.8. The predicted octanol–water partition coefficient (Wildman–Crippen LogP) is 2.49. The standard InChI is InChI=1S/C14H18ClN3/c1-18-9-8-17-14(18)6-7-16-11-13-4-2-12(10-15)3-5-13/h2-5,8-9,16H,6-7,10-11H2,1H3. The molecule has 1 heterocycles. The van der Waals surface area contributed by atoms with E-state index >= 15 is 0 Å². The first-order chi connectivity index (χ1) is 8.79. The number of hydrogen-bond acceptors (Lipinski definition) is 2. The summed E-state index contributed by atoms with van der Waals surface area (Å²) in [5, 5.41) is 3.42. The summed E-state index contributed by atoms with van der Waals surface area (Å²) >= 11 is 5.75. The van der Waals surface area contributed by atoms with Gasteiger partial charge < -0.3 is 9.88 Å². The van der Waals surface area contributed by atoms with Crippen molar-refractivity contribution in [2.45, 2.75) is 18.8 Å². The van der Waals surface area contributed by atoms with Crippen molar-refractivity contribution in [3.8, 4) is 0 Å². The highest BCUT2D eigenvalue weighted by molar-refractivity contribution is 6.17. The number of hydrogen-bond donors (Lipinski definition) is 1. The van der Waals surface area contributed by atoms with E-state index in [1.54, 1.807) is 0 Å². The summed E-state index contributed by atoms with van der Waals surface area (Å²) in [6, 6.07) is 8.38. The van der Waals surface area contributed by atoms with E-state index in [-0.39, 0.29) is 0 Å². The fourth-order valence-corrected chi connectivity index (χ4v) is 1.99. The Kier molecular flexibility index (Phi) is 4.79. The number of aryl methyl sites for hydroxylation is 1. The predicted molar refractivity (Wildman–Crippen MR) is 74.6 cm³/mol. The molecule has 0 saturated heterocycles. The third-order valence-electron chi connectivity index (χ3n) is 2.95. The molecular formula is C14H18ClN3. The van der Waals surface area contributed by atoms with Crippen LogP contribution in [-0.2, 0) is 25.9 Å². The van der Waals surface area contributed by atoms with E-state index in [0.717, 1.165) is 30.9 Å². The number of imidazole rings is 1. The van der Waals surface area contributed by atoms with Gasteiger partial charge in [0.05, 0.1) is 0 Å². The highest BCUT2D eigenvalue weighted by Crippen LogP contribution is 2.06. The minimum Gasteiger partial charge on any atom is -0.338 e. The number of halogens is 1. The van der Waals surface area contributed by atoms with Gasteiger partial charge in [0.2, 0.25) is 0 Å². The molecule has 0 spiro atoms. The van der Waals surface area contributed by atoms with E-state index < -0.39 is 0 Å². The Morgan fingerprint density at radius 1 is 1.22 bits per heavy atom. The molecule has 0 saturated carbocycles. The number of rotatable bonds is 6. The summed E-state index contributed by atoms with van der Waals surface area (Å²) in [6.07, 6.45) is 4.75. The third kappa shape index (κ3) is 3.59. The first-order valence-corrected chi connectivity index (χ1v) is 6.64. The summed E-state index contributed by atoms with van der Waals surface area (Å²) in [6.45, 7) is 1.81. The highest BCUT2D eigenvalue weighted by atomic mass is 35.5. The molecule has 0 aliphatic heterocycles. The molecule has 1 aromatic carbocycles. The van der Waals surface area contributed by atoms with Crippen LogP contribution in [0.4, 0.5) is 0 Å². The van der Waals surface area contributed by atoms with Gasteiger partial charge in [0.1, 0.15) is 5.82 Å². The monoisotopic (exact) mass is 263 g/mol. The van der Waals surface area contributed by atoms with Crippen LogP contribution in [0.25, 0.3) is 0 Å². The molecule has 4 heteroatoms. The second-order valence-corrected chi connectivity index (χ2v) is 4.60. The third-order valence-corrected chi connectivity index (χ3v) is 3.26. The molecule has 0 unspecified atom stereocenters. The molecule has 1 N–H and O–H groups in total. The van der Waals surface area contributed by atoms with Crippen LogP contribution in [0.2, 0.25) is 0 Å². The molecule has 96 valence electrons. The summed E-state index contributed by atoms with van der Waals surface area (Å²) in [4.78, 5) is 4.29. The van der Waals surface area contributed by atoms with Crippen LogP contribution in [0, 0.1) is 0 Å². The number of aromatic nitrogens is 2. The minimum absolute atomic E-state index is 0.576. The molecule has 3 nitrogen and oxygen atoms in total. The van der Waals surface area contributed by atoms with E-state index in [0.29, 0.717) is 5.88 Å². The van der Waals surface area contributed by atoms with Gasteiger partial charge in [0.15, 0.2) is 0 Å². The van der Waals surface area contributed by atoms with Crippen LogP contribution < -0.4 is 5.32 Å². The average Bonchev–Trinajstić information content (AvgIpc) is 2.81. The van der Waals surface area contributed by atoms with Gasteiger partial charge in [-0.3, -0.25) is 0 Å². The van der Waals surface area contributed by atoms with Crippen LogP contribution in [0.3, 0.4) is 0 Å². The lowest BCUT2D eigenvalue weighted by Crippen LogP contribution is -2.18. The molecule has 2 rings (SSSR count). The summed E-state index contributed by atoms with van der Waals surface area (Å²) in [5.41, 5.74) is 2.44. The first-order valence-electron chi connectivity index (χ1n) is 6.10. The zero-order valence-electron chi connectivity index (χ0n) is 10.6. The van der Waals surface area contributed by atoms with Crippen molar-refractivity contribution in [1.29, 1.82) is 0 Å². The van der Waals surface area contributed by atoms with Gasteiger partial charge in [-0.1, -0.05) is 24.3 Å². The van der Waals surface area contributed by atoms with Gasteiger partial charge in [0.25, 0.3) is 0 Å². The Morgan fingerprint density at radius 3 is 2.56 bits per heavy atom. The lowest BCUT2D eigenvalue weighted by Gasteiger charge is -2.06. The molecule has 0 aliphatic carbocycles. The molecule has 0 amide bonds. The Labute approximate surface area is 113 Å². The number of nitrogens with zero attached hydrogens (tertiary/aromatic N) is 2. The molecule has 0 atom stereocenters. The molecule has 0 radical (unpaired) electrons. The van der Waals surface area contributed by atoms with Crippen molar-refractivity contribution in [2.24, 2.45) is 7.05 Å². The molecule has 0 aliphatic rings. The van der Waals surface area contributed by atoms with Crippen molar-refractivity contribution >= 4 is 11.6 Å². The lowest BCUT2D eigenvalue weighted by molar-refractivity contribution is 0.655. The van der Waals surface area contributed by atoms with Crippen LogP contribution in [0.1, 0.15) is 17.0 Å². The Balaban J connectivity index is 1.73.